The standard InChI is InChI=1S/C10H14BrClN2/c1-10(2,5-6-12)14-9-8(11)4-3-7-13-9/h3-4,7H,5-6H2,1-2H3,(H,13,14). The van der Waals surface area contributed by atoms with Crippen molar-refractivity contribution in [3.05, 3.63) is 22.8 Å². The third-order valence-electron chi connectivity index (χ3n) is 1.93. The van der Waals surface area contributed by atoms with Crippen molar-refractivity contribution < 1.29 is 0 Å². The van der Waals surface area contributed by atoms with Crippen molar-refractivity contribution in [1.82, 2.24) is 4.98 Å². The molecule has 0 spiro atoms. The first-order valence-electron chi connectivity index (χ1n) is 4.50. The van der Waals surface area contributed by atoms with Crippen molar-refractivity contribution in [2.24, 2.45) is 0 Å². The third kappa shape index (κ3) is 3.46. The van der Waals surface area contributed by atoms with Gasteiger partial charge in [-0.3, -0.25) is 0 Å². The highest BCUT2D eigenvalue weighted by Gasteiger charge is 2.17. The number of halogens is 2. The maximum Gasteiger partial charge on any atom is 0.140 e. The smallest absolute Gasteiger partial charge is 0.140 e. The number of aromatic nitrogens is 1. The van der Waals surface area contributed by atoms with Gasteiger partial charge in [0, 0.05) is 17.6 Å². The first-order valence-corrected chi connectivity index (χ1v) is 5.82. The van der Waals surface area contributed by atoms with E-state index in [0.717, 1.165) is 16.7 Å². The molecule has 1 rings (SSSR count). The van der Waals surface area contributed by atoms with Gasteiger partial charge in [-0.2, -0.15) is 0 Å². The van der Waals surface area contributed by atoms with Crippen LogP contribution in [0.15, 0.2) is 22.8 Å². The zero-order chi connectivity index (χ0) is 10.6. The Balaban J connectivity index is 2.73. The van der Waals surface area contributed by atoms with Crippen molar-refractivity contribution in [3.63, 3.8) is 0 Å². The van der Waals surface area contributed by atoms with Crippen molar-refractivity contribution in [3.8, 4) is 0 Å². The van der Waals surface area contributed by atoms with E-state index in [1.54, 1.807) is 6.20 Å². The fourth-order valence-corrected chi connectivity index (χ4v) is 1.92. The van der Waals surface area contributed by atoms with E-state index in [2.05, 4.69) is 40.1 Å². The molecule has 0 aromatic carbocycles. The van der Waals surface area contributed by atoms with Crippen LogP contribution in [0.25, 0.3) is 0 Å². The highest BCUT2D eigenvalue weighted by Crippen LogP contribution is 2.23. The van der Waals surface area contributed by atoms with Crippen LogP contribution in [0, 0.1) is 0 Å². The lowest BCUT2D eigenvalue weighted by atomic mass is 10.0. The minimum absolute atomic E-state index is 0.0291. The van der Waals surface area contributed by atoms with Gasteiger partial charge in [-0.15, -0.1) is 11.6 Å². The van der Waals surface area contributed by atoms with Gasteiger partial charge in [-0.05, 0) is 48.3 Å². The summed E-state index contributed by atoms with van der Waals surface area (Å²) in [6.45, 7) is 4.22. The Bertz CT molecular complexity index is 302. The second-order valence-corrected chi connectivity index (χ2v) is 5.01. The van der Waals surface area contributed by atoms with Gasteiger partial charge in [0.15, 0.2) is 0 Å². The number of anilines is 1. The predicted molar refractivity (Wildman–Crippen MR) is 65.0 cm³/mol. The number of pyridine rings is 1. The summed E-state index contributed by atoms with van der Waals surface area (Å²) >= 11 is 9.16. The van der Waals surface area contributed by atoms with Gasteiger partial charge < -0.3 is 5.32 Å². The summed E-state index contributed by atoms with van der Waals surface area (Å²) in [6.07, 6.45) is 2.67. The summed E-state index contributed by atoms with van der Waals surface area (Å²) in [7, 11) is 0. The average Bonchev–Trinajstić information content (AvgIpc) is 2.08. The molecular weight excluding hydrogens is 263 g/mol. The lowest BCUT2D eigenvalue weighted by molar-refractivity contribution is 0.547. The van der Waals surface area contributed by atoms with E-state index in [0.29, 0.717) is 5.88 Å². The molecule has 0 unspecified atom stereocenters. The summed E-state index contributed by atoms with van der Waals surface area (Å²) in [4.78, 5) is 4.24. The van der Waals surface area contributed by atoms with Gasteiger partial charge >= 0.3 is 0 Å². The van der Waals surface area contributed by atoms with Crippen LogP contribution in [-0.4, -0.2) is 16.4 Å². The summed E-state index contributed by atoms with van der Waals surface area (Å²) in [5.41, 5.74) is -0.0291. The molecule has 1 heterocycles. The van der Waals surface area contributed by atoms with Crippen molar-refractivity contribution >= 4 is 33.3 Å². The van der Waals surface area contributed by atoms with E-state index in [1.807, 2.05) is 12.1 Å². The number of rotatable bonds is 4. The number of hydrogen-bond acceptors (Lipinski definition) is 2. The van der Waals surface area contributed by atoms with Crippen LogP contribution in [0.4, 0.5) is 5.82 Å². The molecule has 0 aliphatic carbocycles. The van der Waals surface area contributed by atoms with Crippen LogP contribution in [0.1, 0.15) is 20.3 Å². The van der Waals surface area contributed by atoms with Crippen molar-refractivity contribution in [1.29, 1.82) is 0 Å². The third-order valence-corrected chi connectivity index (χ3v) is 2.76. The fraction of sp³-hybridized carbons (Fsp3) is 0.500. The maximum atomic E-state index is 5.72. The highest BCUT2D eigenvalue weighted by atomic mass is 79.9. The molecule has 1 aromatic rings. The van der Waals surface area contributed by atoms with Gasteiger partial charge in [0.1, 0.15) is 5.82 Å². The Hall–Kier alpha value is -0.280. The molecule has 0 saturated carbocycles. The molecule has 0 radical (unpaired) electrons. The molecule has 78 valence electrons. The number of nitrogens with zero attached hydrogens (tertiary/aromatic N) is 1. The molecule has 4 heteroatoms. The molecule has 0 fully saturated rings. The van der Waals surface area contributed by atoms with E-state index in [4.69, 9.17) is 11.6 Å². The second kappa shape index (κ2) is 4.99. The number of nitrogens with one attached hydrogen (secondary N) is 1. The average molecular weight is 278 g/mol. The van der Waals surface area contributed by atoms with Crippen LogP contribution < -0.4 is 5.32 Å². The number of hydrogen-bond donors (Lipinski definition) is 1. The van der Waals surface area contributed by atoms with Crippen molar-refractivity contribution in [2.45, 2.75) is 25.8 Å². The monoisotopic (exact) mass is 276 g/mol. The molecule has 0 saturated heterocycles. The molecule has 0 aliphatic heterocycles. The predicted octanol–water partition coefficient (Wildman–Crippen LogP) is 3.66. The molecule has 1 aromatic heterocycles. The molecular formula is C10H14BrClN2. The van der Waals surface area contributed by atoms with Crippen LogP contribution in [0.3, 0.4) is 0 Å². The van der Waals surface area contributed by atoms with Gasteiger partial charge in [-0.1, -0.05) is 0 Å². The Kier molecular flexibility index (Phi) is 4.20. The lowest BCUT2D eigenvalue weighted by Gasteiger charge is -2.26. The quantitative estimate of drug-likeness (QED) is 0.850. The van der Waals surface area contributed by atoms with Crippen LogP contribution in [-0.2, 0) is 0 Å². The van der Waals surface area contributed by atoms with E-state index >= 15 is 0 Å². The second-order valence-electron chi connectivity index (χ2n) is 3.78. The zero-order valence-corrected chi connectivity index (χ0v) is 10.7. The minimum atomic E-state index is -0.0291. The van der Waals surface area contributed by atoms with Gasteiger partial charge in [-0.25, -0.2) is 4.98 Å². The summed E-state index contributed by atoms with van der Waals surface area (Å²) in [6, 6.07) is 3.86. The first kappa shape index (κ1) is 11.8. The van der Waals surface area contributed by atoms with Gasteiger partial charge in [0.25, 0.3) is 0 Å². The van der Waals surface area contributed by atoms with Gasteiger partial charge in [0.05, 0.1) is 4.47 Å². The molecule has 0 amide bonds. The maximum absolute atomic E-state index is 5.72. The Morgan fingerprint density at radius 1 is 1.57 bits per heavy atom. The molecule has 14 heavy (non-hydrogen) atoms. The lowest BCUT2D eigenvalue weighted by Crippen LogP contribution is -2.31. The SMILES string of the molecule is CC(C)(CCCl)Nc1ncccc1Br. The number of alkyl halides is 1. The normalized spacial score (nSPS) is 11.4. The van der Waals surface area contributed by atoms with Crippen LogP contribution in [0.5, 0.6) is 0 Å². The zero-order valence-electron chi connectivity index (χ0n) is 8.35. The molecule has 0 atom stereocenters. The van der Waals surface area contributed by atoms with Crippen LogP contribution in [0.2, 0.25) is 0 Å². The Morgan fingerprint density at radius 2 is 2.29 bits per heavy atom. The highest BCUT2D eigenvalue weighted by molar-refractivity contribution is 9.10. The molecule has 0 bridgehead atoms. The first-order chi connectivity index (χ1) is 6.55. The largest absolute Gasteiger partial charge is 0.364 e. The van der Waals surface area contributed by atoms with E-state index in [-0.39, 0.29) is 5.54 Å². The molecule has 0 aliphatic rings. The summed E-state index contributed by atoms with van der Waals surface area (Å²) in [5.74, 6) is 1.51. The Labute approximate surface area is 98.2 Å². The van der Waals surface area contributed by atoms with E-state index < -0.39 is 0 Å². The molecule has 2 nitrogen and oxygen atoms in total. The minimum Gasteiger partial charge on any atom is -0.364 e. The van der Waals surface area contributed by atoms with E-state index in [9.17, 15) is 0 Å². The van der Waals surface area contributed by atoms with Crippen molar-refractivity contribution in [2.75, 3.05) is 11.2 Å². The van der Waals surface area contributed by atoms with Gasteiger partial charge in [0.2, 0.25) is 0 Å². The topological polar surface area (TPSA) is 24.9 Å². The van der Waals surface area contributed by atoms with Crippen LogP contribution >= 0.6 is 27.5 Å². The summed E-state index contributed by atoms with van der Waals surface area (Å²) in [5, 5.41) is 3.35. The fourth-order valence-electron chi connectivity index (χ4n) is 1.10. The Morgan fingerprint density at radius 3 is 2.86 bits per heavy atom. The molecule has 1 N–H and O–H groups in total. The summed E-state index contributed by atoms with van der Waals surface area (Å²) < 4.78 is 0.975. The van der Waals surface area contributed by atoms with E-state index in [1.165, 1.54) is 0 Å².